The standard InChI is InChI=1S/C18H18N2O3/c21-14(19-13-4-2-1-3-5-13)8-9-20-17(22)15-11-6-7-12(10-11)16(15)18(20)23/h1-7,11-12,15-16H,8-10H2,(H,19,21)/t11-,12-,15+,16+/m1/s1. The predicted octanol–water partition coefficient (Wildman–Crippen LogP) is 1.82. The van der Waals surface area contributed by atoms with Crippen molar-refractivity contribution in [2.75, 3.05) is 11.9 Å². The molecule has 2 bridgehead atoms. The molecule has 0 radical (unpaired) electrons. The van der Waals surface area contributed by atoms with Crippen LogP contribution in [-0.2, 0) is 14.4 Å². The lowest BCUT2D eigenvalue weighted by Gasteiger charge is -2.16. The summed E-state index contributed by atoms with van der Waals surface area (Å²) in [7, 11) is 0. The minimum Gasteiger partial charge on any atom is -0.326 e. The maximum absolute atomic E-state index is 12.5. The third-order valence-electron chi connectivity index (χ3n) is 5.18. The molecule has 1 aliphatic heterocycles. The molecule has 4 rings (SSSR count). The van der Waals surface area contributed by atoms with Gasteiger partial charge in [0.1, 0.15) is 0 Å². The Hall–Kier alpha value is -2.43. The lowest BCUT2D eigenvalue weighted by atomic mass is 9.85. The van der Waals surface area contributed by atoms with E-state index in [-0.39, 0.29) is 54.4 Å². The fraction of sp³-hybridized carbons (Fsp3) is 0.389. The van der Waals surface area contributed by atoms with Crippen LogP contribution in [0.1, 0.15) is 12.8 Å². The Morgan fingerprint density at radius 1 is 1.04 bits per heavy atom. The lowest BCUT2D eigenvalue weighted by molar-refractivity contribution is -0.140. The first-order chi connectivity index (χ1) is 11.1. The minimum absolute atomic E-state index is 0.0932. The van der Waals surface area contributed by atoms with Crippen LogP contribution in [0.15, 0.2) is 42.5 Å². The van der Waals surface area contributed by atoms with Gasteiger partial charge in [-0.2, -0.15) is 0 Å². The van der Waals surface area contributed by atoms with E-state index in [9.17, 15) is 14.4 Å². The Morgan fingerprint density at radius 3 is 2.26 bits per heavy atom. The highest BCUT2D eigenvalue weighted by atomic mass is 16.2. The molecule has 0 spiro atoms. The number of likely N-dealkylation sites (tertiary alicyclic amines) is 1. The zero-order valence-electron chi connectivity index (χ0n) is 12.6. The van der Waals surface area contributed by atoms with Crippen molar-refractivity contribution in [1.82, 2.24) is 4.90 Å². The van der Waals surface area contributed by atoms with Gasteiger partial charge in [-0.1, -0.05) is 30.4 Å². The van der Waals surface area contributed by atoms with Crippen molar-refractivity contribution < 1.29 is 14.4 Å². The Labute approximate surface area is 134 Å². The van der Waals surface area contributed by atoms with Gasteiger partial charge in [0, 0.05) is 18.7 Å². The molecule has 2 aliphatic carbocycles. The third kappa shape index (κ3) is 2.27. The molecular formula is C18H18N2O3. The number of imide groups is 1. The van der Waals surface area contributed by atoms with Crippen LogP contribution in [0.4, 0.5) is 5.69 Å². The summed E-state index contributed by atoms with van der Waals surface area (Å²) < 4.78 is 0. The summed E-state index contributed by atoms with van der Waals surface area (Å²) in [5.74, 6) is -0.317. The molecule has 1 aromatic carbocycles. The second-order valence-electron chi connectivity index (χ2n) is 6.49. The van der Waals surface area contributed by atoms with Gasteiger partial charge in [0.15, 0.2) is 0 Å². The van der Waals surface area contributed by atoms with Gasteiger partial charge in [-0.3, -0.25) is 19.3 Å². The number of hydrogen-bond acceptors (Lipinski definition) is 3. The molecule has 1 saturated carbocycles. The highest BCUT2D eigenvalue weighted by Gasteiger charge is 2.58. The van der Waals surface area contributed by atoms with E-state index in [1.807, 2.05) is 18.2 Å². The van der Waals surface area contributed by atoms with E-state index in [2.05, 4.69) is 17.5 Å². The molecule has 1 heterocycles. The number of anilines is 1. The van der Waals surface area contributed by atoms with Gasteiger partial charge in [-0.15, -0.1) is 0 Å². The average molecular weight is 310 g/mol. The molecule has 1 N–H and O–H groups in total. The first kappa shape index (κ1) is 14.2. The molecule has 5 nitrogen and oxygen atoms in total. The number of nitrogens with one attached hydrogen (secondary N) is 1. The highest BCUT2D eigenvalue weighted by molar-refractivity contribution is 6.06. The van der Waals surface area contributed by atoms with Crippen molar-refractivity contribution in [3.05, 3.63) is 42.5 Å². The van der Waals surface area contributed by atoms with Crippen molar-refractivity contribution in [2.24, 2.45) is 23.7 Å². The van der Waals surface area contributed by atoms with Crippen LogP contribution in [0.25, 0.3) is 0 Å². The van der Waals surface area contributed by atoms with Gasteiger partial charge in [0.25, 0.3) is 0 Å². The summed E-state index contributed by atoms with van der Waals surface area (Å²) in [5.41, 5.74) is 0.718. The smallest absolute Gasteiger partial charge is 0.233 e. The van der Waals surface area contributed by atoms with E-state index in [1.54, 1.807) is 12.1 Å². The Bertz CT molecular complexity index is 667. The summed E-state index contributed by atoms with van der Waals surface area (Å²) in [6, 6.07) is 9.16. The lowest BCUT2D eigenvalue weighted by Crippen LogP contribution is -2.35. The fourth-order valence-electron chi connectivity index (χ4n) is 4.14. The normalized spacial score (nSPS) is 30.9. The number of benzene rings is 1. The molecule has 1 saturated heterocycles. The SMILES string of the molecule is O=C(CCN1C(=O)[C@@H]2[C@@H](C1=O)[C@@H]1C=C[C@@H]2C1)Nc1ccccc1. The zero-order valence-corrected chi connectivity index (χ0v) is 12.6. The van der Waals surface area contributed by atoms with E-state index < -0.39 is 0 Å². The maximum Gasteiger partial charge on any atom is 0.233 e. The van der Waals surface area contributed by atoms with Crippen LogP contribution in [0.5, 0.6) is 0 Å². The molecule has 0 aromatic heterocycles. The molecular weight excluding hydrogens is 292 g/mol. The molecule has 3 aliphatic rings. The number of rotatable bonds is 4. The van der Waals surface area contributed by atoms with Crippen molar-refractivity contribution >= 4 is 23.4 Å². The third-order valence-corrected chi connectivity index (χ3v) is 5.18. The summed E-state index contributed by atoms with van der Waals surface area (Å²) in [6.07, 6.45) is 5.20. The number of allylic oxidation sites excluding steroid dienone is 2. The number of para-hydroxylation sites is 1. The van der Waals surface area contributed by atoms with Crippen molar-refractivity contribution in [1.29, 1.82) is 0 Å². The van der Waals surface area contributed by atoms with Crippen LogP contribution in [0.3, 0.4) is 0 Å². The van der Waals surface area contributed by atoms with E-state index in [1.165, 1.54) is 4.90 Å². The average Bonchev–Trinajstić information content (AvgIpc) is 3.22. The van der Waals surface area contributed by atoms with E-state index in [0.717, 1.165) is 12.1 Å². The molecule has 2 fully saturated rings. The summed E-state index contributed by atoms with van der Waals surface area (Å²) in [5, 5.41) is 2.78. The van der Waals surface area contributed by atoms with Crippen LogP contribution >= 0.6 is 0 Å². The number of carbonyl (C=O) groups excluding carboxylic acids is 3. The van der Waals surface area contributed by atoms with E-state index >= 15 is 0 Å². The molecule has 5 heteroatoms. The first-order valence-electron chi connectivity index (χ1n) is 8.03. The molecule has 1 aromatic rings. The summed E-state index contributed by atoms with van der Waals surface area (Å²) in [4.78, 5) is 38.3. The van der Waals surface area contributed by atoms with Gasteiger partial charge in [0.05, 0.1) is 11.8 Å². The molecule has 3 amide bonds. The quantitative estimate of drug-likeness (QED) is 0.681. The van der Waals surface area contributed by atoms with Gasteiger partial charge in [0.2, 0.25) is 17.7 Å². The number of carbonyl (C=O) groups is 3. The van der Waals surface area contributed by atoms with Crippen molar-refractivity contribution in [2.45, 2.75) is 12.8 Å². The highest BCUT2D eigenvalue weighted by Crippen LogP contribution is 2.52. The first-order valence-corrected chi connectivity index (χ1v) is 8.03. The second kappa shape index (κ2) is 5.33. The Morgan fingerprint density at radius 2 is 1.65 bits per heavy atom. The zero-order chi connectivity index (χ0) is 16.0. The van der Waals surface area contributed by atoms with Gasteiger partial charge < -0.3 is 5.32 Å². The number of nitrogens with zero attached hydrogens (tertiary/aromatic N) is 1. The monoisotopic (exact) mass is 310 g/mol. The van der Waals surface area contributed by atoms with Crippen molar-refractivity contribution in [3.8, 4) is 0 Å². The molecule has 0 unspecified atom stereocenters. The predicted molar refractivity (Wildman–Crippen MR) is 84.1 cm³/mol. The Kier molecular flexibility index (Phi) is 3.29. The number of fused-ring (bicyclic) bond motifs is 5. The van der Waals surface area contributed by atoms with Crippen LogP contribution in [0, 0.1) is 23.7 Å². The Balaban J connectivity index is 1.38. The fourth-order valence-corrected chi connectivity index (χ4v) is 4.14. The summed E-state index contributed by atoms with van der Waals surface area (Å²) >= 11 is 0. The maximum atomic E-state index is 12.5. The van der Waals surface area contributed by atoms with E-state index in [0.29, 0.717) is 0 Å². The van der Waals surface area contributed by atoms with Crippen LogP contribution < -0.4 is 5.32 Å². The van der Waals surface area contributed by atoms with E-state index in [4.69, 9.17) is 0 Å². The van der Waals surface area contributed by atoms with Crippen LogP contribution in [0.2, 0.25) is 0 Å². The second-order valence-corrected chi connectivity index (χ2v) is 6.49. The summed E-state index contributed by atoms with van der Waals surface area (Å²) in [6.45, 7) is 0.169. The van der Waals surface area contributed by atoms with Crippen LogP contribution in [-0.4, -0.2) is 29.2 Å². The van der Waals surface area contributed by atoms with Crippen molar-refractivity contribution in [3.63, 3.8) is 0 Å². The number of hydrogen-bond donors (Lipinski definition) is 1. The molecule has 4 atom stereocenters. The van der Waals surface area contributed by atoms with Gasteiger partial charge >= 0.3 is 0 Å². The molecule has 118 valence electrons. The topological polar surface area (TPSA) is 66.5 Å². The molecule has 23 heavy (non-hydrogen) atoms. The largest absolute Gasteiger partial charge is 0.326 e. The minimum atomic E-state index is -0.185. The van der Waals surface area contributed by atoms with Gasteiger partial charge in [-0.05, 0) is 30.4 Å². The van der Waals surface area contributed by atoms with Gasteiger partial charge in [-0.25, -0.2) is 0 Å². The number of amides is 3.